The highest BCUT2D eigenvalue weighted by atomic mass is 79.9. The maximum atomic E-state index is 12.2. The molecule has 0 saturated carbocycles. The fourth-order valence-corrected chi connectivity index (χ4v) is 3.52. The lowest BCUT2D eigenvalue weighted by Crippen LogP contribution is -2.58. The maximum Gasteiger partial charge on any atom is 0.274 e. The lowest BCUT2D eigenvalue weighted by atomic mass is 9.99. The van der Waals surface area contributed by atoms with Crippen LogP contribution in [-0.2, 0) is 7.05 Å². The Morgan fingerprint density at radius 3 is 2.83 bits per heavy atom. The summed E-state index contributed by atoms with van der Waals surface area (Å²) >= 11 is 3.40. The van der Waals surface area contributed by atoms with E-state index in [1.807, 2.05) is 18.3 Å². The summed E-state index contributed by atoms with van der Waals surface area (Å²) in [6, 6.07) is 5.72. The van der Waals surface area contributed by atoms with E-state index in [1.54, 1.807) is 19.3 Å². The second-order valence-corrected chi connectivity index (χ2v) is 7.57. The molecule has 0 amide bonds. The lowest BCUT2D eigenvalue weighted by Gasteiger charge is -2.44. The van der Waals surface area contributed by atoms with Gasteiger partial charge in [0.2, 0.25) is 0 Å². The first-order valence-corrected chi connectivity index (χ1v) is 8.74. The van der Waals surface area contributed by atoms with Crippen LogP contribution in [0.15, 0.2) is 39.9 Å². The number of rotatable bonds is 3. The van der Waals surface area contributed by atoms with E-state index < -0.39 is 0 Å². The normalized spacial score (nSPS) is 16.9. The number of halogens is 1. The number of hydrogen-bond acceptors (Lipinski definition) is 5. The Labute approximate surface area is 150 Å². The number of pyridine rings is 2. The Kier molecular flexibility index (Phi) is 4.64. The molecule has 1 saturated heterocycles. The second kappa shape index (κ2) is 6.57. The van der Waals surface area contributed by atoms with Crippen LogP contribution < -0.4 is 21.1 Å². The van der Waals surface area contributed by atoms with Crippen LogP contribution in [0.3, 0.4) is 0 Å². The first-order chi connectivity index (χ1) is 11.4. The van der Waals surface area contributed by atoms with Gasteiger partial charge in [-0.15, -0.1) is 0 Å². The molecule has 24 heavy (non-hydrogen) atoms. The van der Waals surface area contributed by atoms with E-state index in [4.69, 9.17) is 0 Å². The van der Waals surface area contributed by atoms with Gasteiger partial charge in [-0.25, -0.2) is 4.98 Å². The molecule has 0 aliphatic carbocycles. The molecule has 0 spiro atoms. The molecule has 0 radical (unpaired) electrons. The fourth-order valence-electron chi connectivity index (χ4n) is 2.98. The van der Waals surface area contributed by atoms with Crippen molar-refractivity contribution in [3.8, 4) is 0 Å². The summed E-state index contributed by atoms with van der Waals surface area (Å²) < 4.78 is 2.37. The van der Waals surface area contributed by atoms with E-state index >= 15 is 0 Å². The van der Waals surface area contributed by atoms with Gasteiger partial charge in [-0.1, -0.05) is 0 Å². The van der Waals surface area contributed by atoms with Crippen molar-refractivity contribution in [2.45, 2.75) is 19.4 Å². The lowest BCUT2D eigenvalue weighted by molar-refractivity contribution is 0.380. The second-order valence-electron chi connectivity index (χ2n) is 6.66. The number of aryl methyl sites for hydroxylation is 1. The summed E-state index contributed by atoms with van der Waals surface area (Å²) in [5, 5.41) is 6.52. The minimum atomic E-state index is -0.0904. The molecule has 3 rings (SSSR count). The van der Waals surface area contributed by atoms with Crippen LogP contribution >= 0.6 is 15.9 Å². The first kappa shape index (κ1) is 17.0. The third-order valence-electron chi connectivity index (χ3n) is 4.27. The van der Waals surface area contributed by atoms with Gasteiger partial charge in [-0.3, -0.25) is 4.79 Å². The summed E-state index contributed by atoms with van der Waals surface area (Å²) in [5.74, 6) is 0.655. The molecule has 2 N–H and O–H groups in total. The van der Waals surface area contributed by atoms with E-state index in [9.17, 15) is 4.79 Å². The van der Waals surface area contributed by atoms with Crippen LogP contribution in [0, 0.1) is 0 Å². The average Bonchev–Trinajstić information content (AvgIpc) is 2.53. The molecule has 0 atom stereocenters. The zero-order valence-electron chi connectivity index (χ0n) is 14.1. The molecule has 0 aromatic carbocycles. The zero-order valence-corrected chi connectivity index (χ0v) is 15.7. The minimum Gasteiger partial charge on any atom is -0.363 e. The zero-order chi connectivity index (χ0) is 17.3. The monoisotopic (exact) mass is 391 g/mol. The van der Waals surface area contributed by atoms with Crippen molar-refractivity contribution in [3.63, 3.8) is 0 Å². The van der Waals surface area contributed by atoms with E-state index in [0.29, 0.717) is 11.5 Å². The van der Waals surface area contributed by atoms with Gasteiger partial charge >= 0.3 is 0 Å². The minimum absolute atomic E-state index is 0.0507. The molecule has 6 nitrogen and oxygen atoms in total. The Balaban J connectivity index is 1.82. The van der Waals surface area contributed by atoms with Gasteiger partial charge in [0.1, 0.15) is 11.5 Å². The maximum absolute atomic E-state index is 12.2. The number of hydrogen-bond donors (Lipinski definition) is 2. The Morgan fingerprint density at radius 2 is 2.17 bits per heavy atom. The molecule has 2 aromatic rings. The SMILES string of the molecule is Cn1cc(Br)cc(Nc2ccc(N3CCNCC3(C)C)cn2)c1=O. The highest BCUT2D eigenvalue weighted by molar-refractivity contribution is 9.10. The number of piperazine rings is 1. The summed E-state index contributed by atoms with van der Waals surface area (Å²) in [6.07, 6.45) is 3.59. The number of nitrogens with one attached hydrogen (secondary N) is 2. The van der Waals surface area contributed by atoms with Crippen molar-refractivity contribution >= 4 is 33.1 Å². The van der Waals surface area contributed by atoms with Gasteiger partial charge in [0.05, 0.1) is 11.9 Å². The highest BCUT2D eigenvalue weighted by Crippen LogP contribution is 2.26. The molecule has 128 valence electrons. The molecule has 7 heteroatoms. The fraction of sp³-hybridized carbons (Fsp3) is 0.412. The molecule has 3 heterocycles. The number of aromatic nitrogens is 2. The van der Waals surface area contributed by atoms with Crippen LogP contribution in [0.4, 0.5) is 17.2 Å². The molecule has 0 bridgehead atoms. The Hall–Kier alpha value is -1.86. The Bertz CT molecular complexity index is 785. The summed E-state index contributed by atoms with van der Waals surface area (Å²) in [6.45, 7) is 7.30. The number of anilines is 3. The summed E-state index contributed by atoms with van der Waals surface area (Å²) in [5.41, 5.74) is 1.55. The van der Waals surface area contributed by atoms with Gasteiger partial charge in [0.15, 0.2) is 0 Å². The summed E-state index contributed by atoms with van der Waals surface area (Å²) in [4.78, 5) is 19.0. The standard InChI is InChI=1S/C17H22BrN5O/c1-17(2)11-19-6-7-23(17)13-4-5-15(20-9-13)21-14-8-12(18)10-22(3)16(14)24/h4-5,8-10,19H,6-7,11H2,1-3H3,(H,20,21). The largest absolute Gasteiger partial charge is 0.363 e. The van der Waals surface area contributed by atoms with E-state index in [0.717, 1.165) is 29.8 Å². The van der Waals surface area contributed by atoms with Gasteiger partial charge in [0.25, 0.3) is 5.56 Å². The third kappa shape index (κ3) is 3.47. The van der Waals surface area contributed by atoms with Crippen LogP contribution in [0.5, 0.6) is 0 Å². The molecule has 1 aliphatic heterocycles. The van der Waals surface area contributed by atoms with Gasteiger partial charge in [0, 0.05) is 42.9 Å². The predicted molar refractivity (Wildman–Crippen MR) is 101 cm³/mol. The molecule has 0 unspecified atom stereocenters. The molecular weight excluding hydrogens is 370 g/mol. The number of nitrogens with zero attached hydrogens (tertiary/aromatic N) is 3. The Morgan fingerprint density at radius 1 is 1.38 bits per heavy atom. The smallest absolute Gasteiger partial charge is 0.274 e. The quantitative estimate of drug-likeness (QED) is 0.841. The highest BCUT2D eigenvalue weighted by Gasteiger charge is 2.29. The molecule has 2 aromatic heterocycles. The molecule has 1 fully saturated rings. The van der Waals surface area contributed by atoms with E-state index in [-0.39, 0.29) is 11.1 Å². The van der Waals surface area contributed by atoms with Crippen LogP contribution in [0.2, 0.25) is 0 Å². The first-order valence-electron chi connectivity index (χ1n) is 7.94. The average molecular weight is 392 g/mol. The van der Waals surface area contributed by atoms with Crippen molar-refractivity contribution in [1.29, 1.82) is 0 Å². The predicted octanol–water partition coefficient (Wildman–Crippen LogP) is 2.47. The van der Waals surface area contributed by atoms with Crippen LogP contribution in [0.1, 0.15) is 13.8 Å². The molecular formula is C17H22BrN5O. The van der Waals surface area contributed by atoms with Crippen molar-refractivity contribution in [1.82, 2.24) is 14.9 Å². The van der Waals surface area contributed by atoms with Gasteiger partial charge in [-0.05, 0) is 48.0 Å². The van der Waals surface area contributed by atoms with Crippen molar-refractivity contribution in [2.24, 2.45) is 7.05 Å². The van der Waals surface area contributed by atoms with E-state index in [1.165, 1.54) is 4.57 Å². The topological polar surface area (TPSA) is 62.2 Å². The van der Waals surface area contributed by atoms with E-state index in [2.05, 4.69) is 50.3 Å². The molecule has 1 aliphatic rings. The van der Waals surface area contributed by atoms with Gasteiger partial charge in [-0.2, -0.15) is 0 Å². The third-order valence-corrected chi connectivity index (χ3v) is 4.71. The van der Waals surface area contributed by atoms with Crippen molar-refractivity contribution in [2.75, 3.05) is 29.9 Å². The van der Waals surface area contributed by atoms with Crippen LogP contribution in [-0.4, -0.2) is 34.7 Å². The van der Waals surface area contributed by atoms with Crippen LogP contribution in [0.25, 0.3) is 0 Å². The van der Waals surface area contributed by atoms with Gasteiger partial charge < -0.3 is 20.1 Å². The summed E-state index contributed by atoms with van der Waals surface area (Å²) in [7, 11) is 1.72. The van der Waals surface area contributed by atoms with Crippen molar-refractivity contribution < 1.29 is 0 Å². The van der Waals surface area contributed by atoms with Crippen molar-refractivity contribution in [3.05, 3.63) is 45.4 Å².